The van der Waals surface area contributed by atoms with Crippen molar-refractivity contribution in [3.8, 4) is 0 Å². The summed E-state index contributed by atoms with van der Waals surface area (Å²) < 4.78 is 22.6. The molecule has 0 aromatic heterocycles. The lowest BCUT2D eigenvalue weighted by atomic mass is 10.1. The van der Waals surface area contributed by atoms with Crippen molar-refractivity contribution in [3.63, 3.8) is 0 Å². The van der Waals surface area contributed by atoms with Gasteiger partial charge >= 0.3 is 5.97 Å². The third-order valence-electron chi connectivity index (χ3n) is 3.02. The smallest absolute Gasteiger partial charge is 0.336 e. The maximum Gasteiger partial charge on any atom is 0.336 e. The molecule has 1 N–H and O–H groups in total. The fourth-order valence-electron chi connectivity index (χ4n) is 1.94. The second kappa shape index (κ2) is 5.00. The normalized spacial score (nSPS) is 18.0. The summed E-state index contributed by atoms with van der Waals surface area (Å²) in [7, 11) is -3.07. The lowest BCUT2D eigenvalue weighted by Gasteiger charge is -2.27. The van der Waals surface area contributed by atoms with E-state index in [2.05, 4.69) is 0 Å². The first-order chi connectivity index (χ1) is 8.91. The highest BCUT2D eigenvalue weighted by molar-refractivity contribution is 7.91. The molecule has 0 spiro atoms. The van der Waals surface area contributed by atoms with E-state index in [1.165, 1.54) is 17.0 Å². The first kappa shape index (κ1) is 13.5. The molecular weight excluding hydrogens is 270 g/mol. The van der Waals surface area contributed by atoms with Crippen molar-refractivity contribution in [2.45, 2.75) is 0 Å². The predicted molar refractivity (Wildman–Crippen MR) is 68.0 cm³/mol. The molecule has 19 heavy (non-hydrogen) atoms. The van der Waals surface area contributed by atoms with Crippen LogP contribution in [0.5, 0.6) is 0 Å². The SMILES string of the molecule is O=C(O)c1ccccc1C(=O)N1CCS(=O)(=O)CC1. The van der Waals surface area contributed by atoms with Crippen molar-refractivity contribution >= 4 is 21.7 Å². The van der Waals surface area contributed by atoms with Gasteiger partial charge in [-0.1, -0.05) is 12.1 Å². The van der Waals surface area contributed by atoms with Crippen LogP contribution in [0.4, 0.5) is 0 Å². The van der Waals surface area contributed by atoms with E-state index >= 15 is 0 Å². The standard InChI is InChI=1S/C12H13NO5S/c14-11(13-5-7-19(17,18)8-6-13)9-3-1-2-4-10(9)12(15)16/h1-4H,5-8H2,(H,15,16). The van der Waals surface area contributed by atoms with Crippen molar-refractivity contribution in [1.29, 1.82) is 0 Å². The third-order valence-corrected chi connectivity index (χ3v) is 4.63. The van der Waals surface area contributed by atoms with Crippen molar-refractivity contribution in [3.05, 3.63) is 35.4 Å². The number of amides is 1. The average molecular weight is 283 g/mol. The minimum absolute atomic E-state index is 0.0686. The molecule has 1 fully saturated rings. The van der Waals surface area contributed by atoms with E-state index in [0.717, 1.165) is 0 Å². The van der Waals surface area contributed by atoms with Crippen LogP contribution in [0.2, 0.25) is 0 Å². The van der Waals surface area contributed by atoms with E-state index in [1.54, 1.807) is 12.1 Å². The Morgan fingerprint density at radius 3 is 2.11 bits per heavy atom. The second-order valence-electron chi connectivity index (χ2n) is 4.29. The molecule has 6 nitrogen and oxygen atoms in total. The molecule has 1 aromatic carbocycles. The number of carboxylic acid groups (broad SMARTS) is 1. The zero-order valence-corrected chi connectivity index (χ0v) is 10.9. The second-order valence-corrected chi connectivity index (χ2v) is 6.60. The summed E-state index contributed by atoms with van der Waals surface area (Å²) in [4.78, 5) is 24.6. The molecule has 0 unspecified atom stereocenters. The minimum atomic E-state index is -3.07. The van der Waals surface area contributed by atoms with Crippen molar-refractivity contribution in [2.24, 2.45) is 0 Å². The summed E-state index contributed by atoms with van der Waals surface area (Å²) in [6.45, 7) is 0.213. The Morgan fingerprint density at radius 1 is 1.05 bits per heavy atom. The number of rotatable bonds is 2. The number of nitrogens with zero attached hydrogens (tertiary/aromatic N) is 1. The van der Waals surface area contributed by atoms with Crippen LogP contribution >= 0.6 is 0 Å². The zero-order chi connectivity index (χ0) is 14.0. The van der Waals surface area contributed by atoms with Gasteiger partial charge in [0.1, 0.15) is 0 Å². The van der Waals surface area contributed by atoms with Crippen LogP contribution in [0.3, 0.4) is 0 Å². The Labute approximate surface area is 110 Å². The third kappa shape index (κ3) is 2.93. The molecule has 1 saturated heterocycles. The van der Waals surface area contributed by atoms with E-state index < -0.39 is 21.7 Å². The average Bonchev–Trinajstić information content (AvgIpc) is 2.38. The molecule has 1 amide bonds. The van der Waals surface area contributed by atoms with E-state index in [1.807, 2.05) is 0 Å². The Bertz CT molecular complexity index is 609. The number of sulfone groups is 1. The molecule has 102 valence electrons. The summed E-state index contributed by atoms with van der Waals surface area (Å²) in [6.07, 6.45) is 0. The van der Waals surface area contributed by atoms with Gasteiger partial charge in [-0.3, -0.25) is 4.79 Å². The molecule has 2 rings (SSSR count). The lowest BCUT2D eigenvalue weighted by Crippen LogP contribution is -2.44. The molecular formula is C12H13NO5S. The molecule has 0 aliphatic carbocycles. The van der Waals surface area contributed by atoms with Crippen molar-refractivity contribution in [2.75, 3.05) is 24.6 Å². The van der Waals surface area contributed by atoms with Crippen LogP contribution in [0.25, 0.3) is 0 Å². The summed E-state index contributed by atoms with van der Waals surface area (Å²) in [5.74, 6) is -1.76. The lowest BCUT2D eigenvalue weighted by molar-refractivity contribution is 0.0677. The van der Waals surface area contributed by atoms with E-state index in [0.29, 0.717) is 0 Å². The highest BCUT2D eigenvalue weighted by Crippen LogP contribution is 2.14. The number of carbonyl (C=O) groups is 2. The van der Waals surface area contributed by atoms with Gasteiger partial charge in [-0.25, -0.2) is 13.2 Å². The molecule has 1 aliphatic heterocycles. The summed E-state index contributed by atoms with van der Waals surface area (Å²) in [5, 5.41) is 9.03. The highest BCUT2D eigenvalue weighted by Gasteiger charge is 2.27. The van der Waals surface area contributed by atoms with E-state index in [-0.39, 0.29) is 35.7 Å². The fraction of sp³-hybridized carbons (Fsp3) is 0.333. The van der Waals surface area contributed by atoms with Gasteiger partial charge in [0.2, 0.25) is 0 Å². The van der Waals surface area contributed by atoms with Crippen molar-refractivity contribution in [1.82, 2.24) is 4.90 Å². The number of aromatic carboxylic acids is 1. The number of hydrogen-bond donors (Lipinski definition) is 1. The first-order valence-electron chi connectivity index (χ1n) is 5.73. The quantitative estimate of drug-likeness (QED) is 0.840. The molecule has 1 aromatic rings. The van der Waals surface area contributed by atoms with Gasteiger partial charge in [0.25, 0.3) is 5.91 Å². The van der Waals surface area contributed by atoms with Crippen LogP contribution in [0.1, 0.15) is 20.7 Å². The monoisotopic (exact) mass is 283 g/mol. The van der Waals surface area contributed by atoms with Gasteiger partial charge in [-0.15, -0.1) is 0 Å². The minimum Gasteiger partial charge on any atom is -0.478 e. The topological polar surface area (TPSA) is 91.8 Å². The van der Waals surface area contributed by atoms with Crippen molar-refractivity contribution < 1.29 is 23.1 Å². The molecule has 1 heterocycles. The maximum atomic E-state index is 12.2. The van der Waals surface area contributed by atoms with Crippen LogP contribution in [0, 0.1) is 0 Å². The van der Waals surface area contributed by atoms with Crippen LogP contribution in [-0.2, 0) is 9.84 Å². The van der Waals surface area contributed by atoms with Gasteiger partial charge in [0, 0.05) is 13.1 Å². The maximum absolute atomic E-state index is 12.2. The van der Waals surface area contributed by atoms with Gasteiger partial charge in [-0.05, 0) is 12.1 Å². The van der Waals surface area contributed by atoms with E-state index in [9.17, 15) is 18.0 Å². The highest BCUT2D eigenvalue weighted by atomic mass is 32.2. The van der Waals surface area contributed by atoms with Gasteiger partial charge in [-0.2, -0.15) is 0 Å². The molecule has 0 saturated carbocycles. The van der Waals surface area contributed by atoms with Gasteiger partial charge in [0.15, 0.2) is 9.84 Å². The Kier molecular flexibility index (Phi) is 3.57. The Balaban J connectivity index is 2.24. The molecule has 0 atom stereocenters. The molecule has 7 heteroatoms. The Hall–Kier alpha value is -1.89. The zero-order valence-electron chi connectivity index (χ0n) is 10.1. The van der Waals surface area contributed by atoms with Crippen LogP contribution in [-0.4, -0.2) is 54.9 Å². The molecule has 0 radical (unpaired) electrons. The number of carbonyl (C=O) groups excluding carboxylic acids is 1. The predicted octanol–water partition coefficient (Wildman–Crippen LogP) is 0.255. The number of hydrogen-bond acceptors (Lipinski definition) is 4. The van der Waals surface area contributed by atoms with Gasteiger partial charge in [0.05, 0.1) is 22.6 Å². The number of benzene rings is 1. The van der Waals surface area contributed by atoms with E-state index in [4.69, 9.17) is 5.11 Å². The molecule has 1 aliphatic rings. The summed E-state index contributed by atoms with van der Waals surface area (Å²) in [5.41, 5.74) is 0.0234. The Morgan fingerprint density at radius 2 is 1.58 bits per heavy atom. The first-order valence-corrected chi connectivity index (χ1v) is 7.55. The summed E-state index contributed by atoms with van der Waals surface area (Å²) >= 11 is 0. The number of carboxylic acids is 1. The fourth-order valence-corrected chi connectivity index (χ4v) is 3.14. The van der Waals surface area contributed by atoms with Gasteiger partial charge < -0.3 is 10.0 Å². The largest absolute Gasteiger partial charge is 0.478 e. The van der Waals surface area contributed by atoms with Crippen LogP contribution in [0.15, 0.2) is 24.3 Å². The summed E-state index contributed by atoms with van der Waals surface area (Å²) in [6, 6.07) is 5.92. The van der Waals surface area contributed by atoms with Crippen LogP contribution < -0.4 is 0 Å². The molecule has 0 bridgehead atoms.